The number of aromatic nitrogens is 2. The van der Waals surface area contributed by atoms with Gasteiger partial charge in [-0.25, -0.2) is 9.97 Å². The van der Waals surface area contributed by atoms with E-state index in [-0.39, 0.29) is 11.3 Å². The van der Waals surface area contributed by atoms with Crippen LogP contribution in [0.15, 0.2) is 66.7 Å². The Labute approximate surface area is 151 Å². The van der Waals surface area contributed by atoms with Gasteiger partial charge in [-0.2, -0.15) is 13.2 Å². The zero-order chi connectivity index (χ0) is 19.0. The summed E-state index contributed by atoms with van der Waals surface area (Å²) in [6, 6.07) is 16.7. The Bertz CT molecular complexity index is 1170. The maximum absolute atomic E-state index is 12.9. The van der Waals surface area contributed by atoms with Gasteiger partial charge in [-0.3, -0.25) is 4.79 Å². The summed E-state index contributed by atoms with van der Waals surface area (Å²) in [6.07, 6.45) is -4.48. The molecule has 7 heteroatoms. The van der Waals surface area contributed by atoms with Gasteiger partial charge in [0.05, 0.1) is 27.7 Å². The first-order valence-corrected chi connectivity index (χ1v) is 8.06. The number of carbonyl (C=O) groups is 1. The fourth-order valence-corrected chi connectivity index (χ4v) is 2.80. The zero-order valence-corrected chi connectivity index (χ0v) is 13.8. The number of hydrogen-bond donors (Lipinski definition) is 1. The fraction of sp³-hybridized carbons (Fsp3) is 0.0500. The van der Waals surface area contributed by atoms with Crippen LogP contribution in [0, 0.1) is 0 Å². The second-order valence-electron chi connectivity index (χ2n) is 5.92. The molecule has 0 fully saturated rings. The normalized spacial score (nSPS) is 11.7. The van der Waals surface area contributed by atoms with E-state index in [1.54, 1.807) is 24.3 Å². The molecule has 4 aromatic rings. The first kappa shape index (κ1) is 17.0. The van der Waals surface area contributed by atoms with Gasteiger partial charge in [0.15, 0.2) is 0 Å². The number of alkyl halides is 3. The quantitative estimate of drug-likeness (QED) is 0.504. The number of anilines is 1. The topological polar surface area (TPSA) is 54.9 Å². The Kier molecular flexibility index (Phi) is 3.99. The molecular formula is C20H12F3N3O. The van der Waals surface area contributed by atoms with Crippen molar-refractivity contribution in [2.45, 2.75) is 6.18 Å². The van der Waals surface area contributed by atoms with Crippen LogP contribution >= 0.6 is 0 Å². The standard InChI is InChI=1S/C20H12F3N3O/c21-20(22,23)12-5-3-6-13(11-12)24-19(27)14-7-4-10-17-18(14)26-16-9-2-1-8-15(16)25-17/h1-11H,(H,24,27). The number of rotatable bonds is 2. The van der Waals surface area contributed by atoms with Gasteiger partial charge in [0.25, 0.3) is 5.91 Å². The van der Waals surface area contributed by atoms with Crippen molar-refractivity contribution in [2.75, 3.05) is 5.32 Å². The second-order valence-corrected chi connectivity index (χ2v) is 5.92. The lowest BCUT2D eigenvalue weighted by molar-refractivity contribution is -0.137. The highest BCUT2D eigenvalue weighted by molar-refractivity contribution is 6.12. The first-order chi connectivity index (χ1) is 12.9. The molecule has 4 nitrogen and oxygen atoms in total. The highest BCUT2D eigenvalue weighted by Crippen LogP contribution is 2.31. The van der Waals surface area contributed by atoms with Crippen LogP contribution in [0.5, 0.6) is 0 Å². The highest BCUT2D eigenvalue weighted by atomic mass is 19.4. The van der Waals surface area contributed by atoms with Gasteiger partial charge in [0, 0.05) is 5.69 Å². The van der Waals surface area contributed by atoms with Gasteiger partial charge in [-0.15, -0.1) is 0 Å². The van der Waals surface area contributed by atoms with Crippen molar-refractivity contribution in [1.29, 1.82) is 0 Å². The summed E-state index contributed by atoms with van der Waals surface area (Å²) < 4.78 is 38.6. The largest absolute Gasteiger partial charge is 0.416 e. The Hall–Kier alpha value is -3.48. The number of amides is 1. The molecular weight excluding hydrogens is 355 g/mol. The SMILES string of the molecule is O=C(Nc1cccc(C(F)(F)F)c1)c1cccc2nc3ccccc3nc12. The molecule has 1 N–H and O–H groups in total. The van der Waals surface area contributed by atoms with E-state index < -0.39 is 17.6 Å². The molecule has 0 spiro atoms. The minimum Gasteiger partial charge on any atom is -0.322 e. The molecule has 0 aliphatic carbocycles. The second kappa shape index (κ2) is 6.35. The van der Waals surface area contributed by atoms with Crippen LogP contribution in [-0.4, -0.2) is 15.9 Å². The van der Waals surface area contributed by atoms with Crippen LogP contribution in [0.3, 0.4) is 0 Å². The summed E-state index contributed by atoms with van der Waals surface area (Å²) in [7, 11) is 0. The van der Waals surface area contributed by atoms with E-state index in [0.29, 0.717) is 22.1 Å². The molecule has 0 radical (unpaired) electrons. The lowest BCUT2D eigenvalue weighted by atomic mass is 10.1. The van der Waals surface area contributed by atoms with Gasteiger partial charge < -0.3 is 5.32 Å². The van der Waals surface area contributed by atoms with E-state index in [2.05, 4.69) is 15.3 Å². The van der Waals surface area contributed by atoms with Crippen LogP contribution in [0.1, 0.15) is 15.9 Å². The summed E-state index contributed by atoms with van der Waals surface area (Å²) in [5.41, 5.74) is 1.71. The Balaban J connectivity index is 1.74. The zero-order valence-electron chi connectivity index (χ0n) is 13.8. The van der Waals surface area contributed by atoms with Crippen molar-refractivity contribution in [3.63, 3.8) is 0 Å². The van der Waals surface area contributed by atoms with Crippen molar-refractivity contribution in [3.8, 4) is 0 Å². The van der Waals surface area contributed by atoms with Gasteiger partial charge in [0.2, 0.25) is 0 Å². The molecule has 27 heavy (non-hydrogen) atoms. The molecule has 4 rings (SSSR count). The molecule has 134 valence electrons. The fourth-order valence-electron chi connectivity index (χ4n) is 2.80. The van der Waals surface area contributed by atoms with Crippen LogP contribution in [0.2, 0.25) is 0 Å². The molecule has 0 saturated heterocycles. The summed E-state index contributed by atoms with van der Waals surface area (Å²) in [4.78, 5) is 21.6. The number of nitrogens with zero attached hydrogens (tertiary/aromatic N) is 2. The van der Waals surface area contributed by atoms with E-state index in [1.807, 2.05) is 18.2 Å². The minimum absolute atomic E-state index is 0.0561. The van der Waals surface area contributed by atoms with Crippen LogP contribution in [0.4, 0.5) is 18.9 Å². The highest BCUT2D eigenvalue weighted by Gasteiger charge is 2.30. The van der Waals surface area contributed by atoms with Gasteiger partial charge in [-0.1, -0.05) is 24.3 Å². The van der Waals surface area contributed by atoms with Crippen molar-refractivity contribution in [1.82, 2.24) is 9.97 Å². The molecule has 3 aromatic carbocycles. The third-order valence-corrected chi connectivity index (χ3v) is 4.06. The van der Waals surface area contributed by atoms with E-state index in [4.69, 9.17) is 0 Å². The Morgan fingerprint density at radius 2 is 1.48 bits per heavy atom. The van der Waals surface area contributed by atoms with Crippen molar-refractivity contribution in [3.05, 3.63) is 77.9 Å². The number of hydrogen-bond acceptors (Lipinski definition) is 3. The third kappa shape index (κ3) is 3.31. The molecule has 1 aromatic heterocycles. The summed E-state index contributed by atoms with van der Waals surface area (Å²) in [6.45, 7) is 0. The number of halogens is 3. The van der Waals surface area contributed by atoms with Gasteiger partial charge in [-0.05, 0) is 42.5 Å². The van der Waals surface area contributed by atoms with E-state index in [9.17, 15) is 18.0 Å². The smallest absolute Gasteiger partial charge is 0.322 e. The summed E-state index contributed by atoms with van der Waals surface area (Å²) in [5.74, 6) is -0.551. The van der Waals surface area contributed by atoms with Crippen molar-refractivity contribution in [2.24, 2.45) is 0 Å². The molecule has 0 unspecified atom stereocenters. The summed E-state index contributed by atoms with van der Waals surface area (Å²) >= 11 is 0. The lowest BCUT2D eigenvalue weighted by Gasteiger charge is -2.11. The molecule has 0 saturated carbocycles. The average molecular weight is 367 g/mol. The number of para-hydroxylation sites is 3. The molecule has 0 atom stereocenters. The molecule has 1 heterocycles. The average Bonchev–Trinajstić information content (AvgIpc) is 2.65. The number of carbonyl (C=O) groups excluding carboxylic acids is 1. The molecule has 0 aliphatic heterocycles. The van der Waals surface area contributed by atoms with Crippen LogP contribution in [0.25, 0.3) is 22.1 Å². The Morgan fingerprint density at radius 1 is 0.815 bits per heavy atom. The first-order valence-electron chi connectivity index (χ1n) is 8.06. The lowest BCUT2D eigenvalue weighted by Crippen LogP contribution is -2.14. The predicted molar refractivity (Wildman–Crippen MR) is 96.4 cm³/mol. The van der Waals surface area contributed by atoms with Gasteiger partial charge in [0.1, 0.15) is 5.52 Å². The number of nitrogens with one attached hydrogen (secondary N) is 1. The molecule has 0 aliphatic rings. The monoisotopic (exact) mass is 367 g/mol. The van der Waals surface area contributed by atoms with E-state index in [0.717, 1.165) is 12.1 Å². The minimum atomic E-state index is -4.48. The van der Waals surface area contributed by atoms with Crippen molar-refractivity contribution >= 4 is 33.7 Å². The maximum atomic E-state index is 12.9. The van der Waals surface area contributed by atoms with Gasteiger partial charge >= 0.3 is 6.18 Å². The van der Waals surface area contributed by atoms with Crippen LogP contribution in [-0.2, 0) is 6.18 Å². The van der Waals surface area contributed by atoms with E-state index in [1.165, 1.54) is 12.1 Å². The molecule has 1 amide bonds. The summed E-state index contributed by atoms with van der Waals surface area (Å²) in [5, 5.41) is 2.50. The third-order valence-electron chi connectivity index (χ3n) is 4.06. The predicted octanol–water partition coefficient (Wildman–Crippen LogP) is 5.05. The maximum Gasteiger partial charge on any atom is 0.416 e. The van der Waals surface area contributed by atoms with Crippen molar-refractivity contribution < 1.29 is 18.0 Å². The number of fused-ring (bicyclic) bond motifs is 2. The molecule has 0 bridgehead atoms. The Morgan fingerprint density at radius 3 is 2.22 bits per heavy atom. The van der Waals surface area contributed by atoms with Crippen LogP contribution < -0.4 is 5.32 Å². The number of benzene rings is 3. The van der Waals surface area contributed by atoms with E-state index >= 15 is 0 Å².